The maximum atomic E-state index is 11.9. The lowest BCUT2D eigenvalue weighted by molar-refractivity contribution is -0.124. The van der Waals surface area contributed by atoms with Crippen LogP contribution in [0.2, 0.25) is 0 Å². The monoisotopic (exact) mass is 259 g/mol. The minimum atomic E-state index is -0.357. The average Bonchev–Trinajstić information content (AvgIpc) is 2.66. The second-order valence-corrected chi connectivity index (χ2v) is 6.49. The SMILES string of the molecule is CCSc1nnc(NC(=O)C(C)(C)CC)s1. The molecule has 0 saturated carbocycles. The molecule has 4 nitrogen and oxygen atoms in total. The lowest BCUT2D eigenvalue weighted by atomic mass is 9.89. The zero-order chi connectivity index (χ0) is 12.2. The Morgan fingerprint density at radius 3 is 2.69 bits per heavy atom. The number of amides is 1. The summed E-state index contributed by atoms with van der Waals surface area (Å²) < 4.78 is 0.895. The lowest BCUT2D eigenvalue weighted by Gasteiger charge is -2.19. The number of rotatable bonds is 5. The van der Waals surface area contributed by atoms with E-state index in [0.29, 0.717) is 5.13 Å². The van der Waals surface area contributed by atoms with Crippen LogP contribution >= 0.6 is 23.1 Å². The van der Waals surface area contributed by atoms with E-state index in [1.807, 2.05) is 20.8 Å². The Kier molecular flexibility index (Phi) is 4.73. The molecule has 0 aliphatic rings. The Morgan fingerprint density at radius 2 is 2.12 bits per heavy atom. The molecule has 0 saturated heterocycles. The van der Waals surface area contributed by atoms with E-state index in [0.717, 1.165) is 16.5 Å². The highest BCUT2D eigenvalue weighted by Crippen LogP contribution is 2.27. The predicted octanol–water partition coefficient (Wildman–Crippen LogP) is 3.02. The Morgan fingerprint density at radius 1 is 1.44 bits per heavy atom. The van der Waals surface area contributed by atoms with Crippen molar-refractivity contribution in [2.75, 3.05) is 11.1 Å². The minimum absolute atomic E-state index is 0.000742. The van der Waals surface area contributed by atoms with Gasteiger partial charge in [0.2, 0.25) is 11.0 Å². The van der Waals surface area contributed by atoms with Crippen LogP contribution in [-0.2, 0) is 4.79 Å². The van der Waals surface area contributed by atoms with Gasteiger partial charge in [-0.2, -0.15) is 0 Å². The Hall–Kier alpha value is -0.620. The van der Waals surface area contributed by atoms with Gasteiger partial charge in [-0.25, -0.2) is 0 Å². The van der Waals surface area contributed by atoms with Crippen LogP contribution in [-0.4, -0.2) is 21.9 Å². The zero-order valence-corrected chi connectivity index (χ0v) is 11.7. The second-order valence-electron chi connectivity index (χ2n) is 4.00. The molecule has 0 unspecified atom stereocenters. The highest BCUT2D eigenvalue weighted by atomic mass is 32.2. The van der Waals surface area contributed by atoms with Crippen LogP contribution < -0.4 is 5.32 Å². The number of nitrogens with zero attached hydrogens (tertiary/aromatic N) is 2. The van der Waals surface area contributed by atoms with E-state index < -0.39 is 0 Å². The zero-order valence-electron chi connectivity index (χ0n) is 10.0. The van der Waals surface area contributed by atoms with Gasteiger partial charge in [-0.05, 0) is 12.2 Å². The molecule has 1 rings (SSSR count). The van der Waals surface area contributed by atoms with Gasteiger partial charge < -0.3 is 5.32 Å². The molecule has 0 aliphatic carbocycles. The van der Waals surface area contributed by atoms with E-state index >= 15 is 0 Å². The summed E-state index contributed by atoms with van der Waals surface area (Å²) >= 11 is 3.05. The largest absolute Gasteiger partial charge is 0.300 e. The van der Waals surface area contributed by atoms with Gasteiger partial charge in [0.05, 0.1) is 0 Å². The number of aromatic nitrogens is 2. The third-order valence-corrected chi connectivity index (χ3v) is 4.25. The Balaban J connectivity index is 2.63. The van der Waals surface area contributed by atoms with Crippen molar-refractivity contribution in [2.24, 2.45) is 5.41 Å². The van der Waals surface area contributed by atoms with Crippen molar-refractivity contribution >= 4 is 34.1 Å². The summed E-state index contributed by atoms with van der Waals surface area (Å²) in [5, 5.41) is 11.3. The number of anilines is 1. The standard InChI is InChI=1S/C10H17N3OS2/c1-5-10(3,4)7(14)11-8-12-13-9(16-8)15-6-2/h5-6H2,1-4H3,(H,11,12,14). The molecular weight excluding hydrogens is 242 g/mol. The number of thioether (sulfide) groups is 1. The van der Waals surface area contributed by atoms with Gasteiger partial charge in [0.25, 0.3) is 0 Å². The first-order valence-electron chi connectivity index (χ1n) is 5.27. The van der Waals surface area contributed by atoms with E-state index in [1.165, 1.54) is 11.3 Å². The van der Waals surface area contributed by atoms with E-state index in [9.17, 15) is 4.79 Å². The summed E-state index contributed by atoms with van der Waals surface area (Å²) in [5.41, 5.74) is -0.357. The molecular formula is C10H17N3OS2. The van der Waals surface area contributed by atoms with E-state index in [-0.39, 0.29) is 11.3 Å². The molecule has 0 atom stereocenters. The molecule has 0 aliphatic heterocycles. The topological polar surface area (TPSA) is 54.9 Å². The molecule has 90 valence electrons. The van der Waals surface area contributed by atoms with E-state index in [1.54, 1.807) is 11.8 Å². The summed E-state index contributed by atoms with van der Waals surface area (Å²) in [7, 11) is 0. The Bertz CT molecular complexity index is 363. The summed E-state index contributed by atoms with van der Waals surface area (Å²) in [5.74, 6) is 0.961. The molecule has 16 heavy (non-hydrogen) atoms. The molecule has 6 heteroatoms. The first kappa shape index (κ1) is 13.4. The van der Waals surface area contributed by atoms with Gasteiger partial charge >= 0.3 is 0 Å². The fourth-order valence-corrected chi connectivity index (χ4v) is 2.51. The number of carbonyl (C=O) groups is 1. The van der Waals surface area contributed by atoms with Crippen LogP contribution in [0.4, 0.5) is 5.13 Å². The van der Waals surface area contributed by atoms with Crippen LogP contribution in [0.1, 0.15) is 34.1 Å². The average molecular weight is 259 g/mol. The van der Waals surface area contributed by atoms with Crippen molar-refractivity contribution < 1.29 is 4.79 Å². The van der Waals surface area contributed by atoms with Gasteiger partial charge in [-0.1, -0.05) is 50.8 Å². The first-order chi connectivity index (χ1) is 7.49. The van der Waals surface area contributed by atoms with Crippen molar-refractivity contribution in [3.8, 4) is 0 Å². The molecule has 1 aromatic rings. The van der Waals surface area contributed by atoms with Gasteiger partial charge in [-0.15, -0.1) is 10.2 Å². The molecule has 0 bridgehead atoms. The summed E-state index contributed by atoms with van der Waals surface area (Å²) in [6, 6.07) is 0. The summed E-state index contributed by atoms with van der Waals surface area (Å²) in [4.78, 5) is 11.9. The molecule has 0 fully saturated rings. The fourth-order valence-electron chi connectivity index (χ4n) is 0.869. The highest BCUT2D eigenvalue weighted by Gasteiger charge is 2.26. The van der Waals surface area contributed by atoms with Gasteiger partial charge in [0, 0.05) is 5.41 Å². The van der Waals surface area contributed by atoms with Crippen LogP contribution in [0.5, 0.6) is 0 Å². The molecule has 1 amide bonds. The van der Waals surface area contributed by atoms with E-state index in [2.05, 4.69) is 22.4 Å². The number of hydrogen-bond acceptors (Lipinski definition) is 5. The predicted molar refractivity (Wildman–Crippen MR) is 69.0 cm³/mol. The van der Waals surface area contributed by atoms with Crippen LogP contribution in [0.15, 0.2) is 4.34 Å². The molecule has 1 heterocycles. The highest BCUT2D eigenvalue weighted by molar-refractivity contribution is 8.01. The molecule has 0 spiro atoms. The van der Waals surface area contributed by atoms with Crippen LogP contribution in [0.3, 0.4) is 0 Å². The second kappa shape index (κ2) is 5.63. The van der Waals surface area contributed by atoms with Crippen molar-refractivity contribution in [3.63, 3.8) is 0 Å². The smallest absolute Gasteiger partial charge is 0.231 e. The number of carbonyl (C=O) groups excluding carboxylic acids is 1. The quantitative estimate of drug-likeness (QED) is 0.652. The third-order valence-electron chi connectivity index (χ3n) is 2.39. The lowest BCUT2D eigenvalue weighted by Crippen LogP contribution is -2.29. The molecule has 0 aromatic carbocycles. The minimum Gasteiger partial charge on any atom is -0.300 e. The number of hydrogen-bond donors (Lipinski definition) is 1. The Labute approximate surface area is 104 Å². The van der Waals surface area contributed by atoms with Crippen molar-refractivity contribution in [2.45, 2.75) is 38.5 Å². The van der Waals surface area contributed by atoms with Gasteiger partial charge in [0.1, 0.15) is 0 Å². The maximum Gasteiger partial charge on any atom is 0.231 e. The van der Waals surface area contributed by atoms with Gasteiger partial charge in [-0.3, -0.25) is 4.79 Å². The maximum absolute atomic E-state index is 11.9. The van der Waals surface area contributed by atoms with Crippen LogP contribution in [0, 0.1) is 5.41 Å². The molecule has 1 aromatic heterocycles. The summed E-state index contributed by atoms with van der Waals surface area (Å²) in [6.45, 7) is 7.90. The fraction of sp³-hybridized carbons (Fsp3) is 0.700. The van der Waals surface area contributed by atoms with Crippen LogP contribution in [0.25, 0.3) is 0 Å². The molecule has 0 radical (unpaired) electrons. The van der Waals surface area contributed by atoms with Crippen molar-refractivity contribution in [1.82, 2.24) is 10.2 Å². The third kappa shape index (κ3) is 3.45. The van der Waals surface area contributed by atoms with Crippen molar-refractivity contribution in [3.05, 3.63) is 0 Å². The summed E-state index contributed by atoms with van der Waals surface area (Å²) in [6.07, 6.45) is 0.800. The normalized spacial score (nSPS) is 11.5. The number of nitrogens with one attached hydrogen (secondary N) is 1. The molecule has 1 N–H and O–H groups in total. The first-order valence-corrected chi connectivity index (χ1v) is 7.07. The van der Waals surface area contributed by atoms with Crippen molar-refractivity contribution in [1.29, 1.82) is 0 Å². The van der Waals surface area contributed by atoms with Gasteiger partial charge in [0.15, 0.2) is 4.34 Å². The van der Waals surface area contributed by atoms with E-state index in [4.69, 9.17) is 0 Å².